The molecule has 0 spiro atoms. The highest BCUT2D eigenvalue weighted by Gasteiger charge is 2.22. The van der Waals surface area contributed by atoms with Gasteiger partial charge in [-0.1, -0.05) is 0 Å². The molecule has 0 aliphatic carbocycles. The number of morpholine rings is 1. The summed E-state index contributed by atoms with van der Waals surface area (Å²) < 4.78 is 5.34. The molecule has 2 atom stereocenters. The second-order valence-electron chi connectivity index (χ2n) is 6.79. The summed E-state index contributed by atoms with van der Waals surface area (Å²) in [6, 6.07) is 4.44. The lowest BCUT2D eigenvalue weighted by molar-refractivity contribution is 0.0144. The predicted molar refractivity (Wildman–Crippen MR) is 93.3 cm³/mol. The number of aliphatic hydroxyl groups excluding tert-OH is 1. The summed E-state index contributed by atoms with van der Waals surface area (Å²) in [5.74, 6) is 0.945. The van der Waals surface area contributed by atoms with E-state index in [1.54, 1.807) is 0 Å². The molecule has 7 heteroatoms. The Bertz CT molecular complexity index is 492. The molecule has 2 fully saturated rings. The van der Waals surface area contributed by atoms with Gasteiger partial charge in [0.2, 0.25) is 0 Å². The number of ether oxygens (including phenoxy) is 1. The summed E-state index contributed by atoms with van der Waals surface area (Å²) in [5, 5.41) is 22.2. The zero-order valence-corrected chi connectivity index (χ0v) is 14.5. The highest BCUT2D eigenvalue weighted by atomic mass is 16.5. The van der Waals surface area contributed by atoms with Gasteiger partial charge in [-0.05, 0) is 31.9 Å². The summed E-state index contributed by atoms with van der Waals surface area (Å²) in [6.07, 6.45) is 1.94. The van der Waals surface area contributed by atoms with E-state index in [2.05, 4.69) is 25.3 Å². The lowest BCUT2D eigenvalue weighted by atomic mass is 10.1. The highest BCUT2D eigenvalue weighted by Crippen LogP contribution is 2.17. The quantitative estimate of drug-likeness (QED) is 0.760. The number of anilines is 1. The maximum Gasteiger partial charge on any atom is 0.151 e. The Morgan fingerprint density at radius 2 is 2.12 bits per heavy atom. The van der Waals surface area contributed by atoms with E-state index in [0.29, 0.717) is 12.6 Å². The van der Waals surface area contributed by atoms with Gasteiger partial charge in [-0.3, -0.25) is 4.90 Å². The van der Waals surface area contributed by atoms with Crippen molar-refractivity contribution < 1.29 is 9.84 Å². The molecule has 0 amide bonds. The molecule has 3 rings (SSSR count). The number of aliphatic hydroxyl groups is 1. The third-order valence-corrected chi connectivity index (χ3v) is 4.74. The smallest absolute Gasteiger partial charge is 0.151 e. The molecule has 24 heavy (non-hydrogen) atoms. The molecular weight excluding hydrogens is 306 g/mol. The largest absolute Gasteiger partial charge is 0.390 e. The van der Waals surface area contributed by atoms with Crippen LogP contribution in [0.25, 0.3) is 0 Å². The number of hydrogen-bond acceptors (Lipinski definition) is 7. The summed E-state index contributed by atoms with van der Waals surface area (Å²) in [7, 11) is 0. The summed E-state index contributed by atoms with van der Waals surface area (Å²) in [6.45, 7) is 8.62. The molecule has 2 saturated heterocycles. The Hall–Kier alpha value is -1.28. The zero-order chi connectivity index (χ0) is 16.8. The molecule has 134 valence electrons. The number of aryl methyl sites for hydroxylation is 1. The van der Waals surface area contributed by atoms with Crippen LogP contribution in [0.2, 0.25) is 0 Å². The number of hydrogen-bond donors (Lipinski definition) is 2. The molecule has 3 heterocycles. The fourth-order valence-corrected chi connectivity index (χ4v) is 3.36. The van der Waals surface area contributed by atoms with Crippen molar-refractivity contribution in [1.29, 1.82) is 0 Å². The summed E-state index contributed by atoms with van der Waals surface area (Å²) in [5.41, 5.74) is 0.941. The van der Waals surface area contributed by atoms with Crippen molar-refractivity contribution in [2.45, 2.75) is 31.9 Å². The number of β-amino-alcohol motifs (C(OH)–C–C–N with tert-alkyl or cyclic N) is 1. The monoisotopic (exact) mass is 335 g/mol. The average molecular weight is 335 g/mol. The second-order valence-corrected chi connectivity index (χ2v) is 6.79. The number of rotatable bonds is 6. The summed E-state index contributed by atoms with van der Waals surface area (Å²) in [4.78, 5) is 4.55. The number of piperidine rings is 1. The van der Waals surface area contributed by atoms with E-state index < -0.39 is 0 Å². The van der Waals surface area contributed by atoms with Crippen LogP contribution in [0.4, 0.5) is 5.82 Å². The van der Waals surface area contributed by atoms with Crippen LogP contribution in [0, 0.1) is 6.92 Å². The molecule has 2 aliphatic heterocycles. The van der Waals surface area contributed by atoms with Gasteiger partial charge < -0.3 is 20.1 Å². The Balaban J connectivity index is 1.42. The Morgan fingerprint density at radius 1 is 1.29 bits per heavy atom. The minimum Gasteiger partial charge on any atom is -0.390 e. The highest BCUT2D eigenvalue weighted by molar-refractivity contribution is 5.38. The first-order valence-corrected chi connectivity index (χ1v) is 8.97. The van der Waals surface area contributed by atoms with Crippen molar-refractivity contribution in [1.82, 2.24) is 20.4 Å². The van der Waals surface area contributed by atoms with E-state index in [0.717, 1.165) is 70.3 Å². The third kappa shape index (κ3) is 5.11. The first-order valence-electron chi connectivity index (χ1n) is 8.97. The normalized spacial score (nSPS) is 24.1. The second kappa shape index (κ2) is 8.71. The van der Waals surface area contributed by atoms with Crippen molar-refractivity contribution in [2.75, 3.05) is 57.4 Å². The van der Waals surface area contributed by atoms with Crippen LogP contribution in [0.1, 0.15) is 18.5 Å². The van der Waals surface area contributed by atoms with Crippen molar-refractivity contribution >= 4 is 5.82 Å². The maximum absolute atomic E-state index is 10.3. The minimum absolute atomic E-state index is 0.336. The van der Waals surface area contributed by atoms with Gasteiger partial charge in [-0.15, -0.1) is 5.10 Å². The average Bonchev–Trinajstić information content (AvgIpc) is 2.62. The van der Waals surface area contributed by atoms with Gasteiger partial charge in [0.1, 0.15) is 0 Å². The van der Waals surface area contributed by atoms with Gasteiger partial charge in [0.25, 0.3) is 0 Å². The molecule has 2 aliphatic rings. The van der Waals surface area contributed by atoms with Crippen LogP contribution in [-0.2, 0) is 4.74 Å². The van der Waals surface area contributed by atoms with Crippen LogP contribution in [0.5, 0.6) is 0 Å². The van der Waals surface area contributed by atoms with E-state index in [9.17, 15) is 5.11 Å². The van der Waals surface area contributed by atoms with E-state index in [1.807, 2.05) is 19.1 Å². The Kier molecular flexibility index (Phi) is 6.37. The van der Waals surface area contributed by atoms with Crippen LogP contribution >= 0.6 is 0 Å². The molecule has 0 bridgehead atoms. The molecule has 7 nitrogen and oxygen atoms in total. The first kappa shape index (κ1) is 17.5. The van der Waals surface area contributed by atoms with E-state index in [4.69, 9.17) is 4.74 Å². The molecule has 0 radical (unpaired) electrons. The molecule has 1 aromatic heterocycles. The van der Waals surface area contributed by atoms with Crippen molar-refractivity contribution in [2.24, 2.45) is 0 Å². The van der Waals surface area contributed by atoms with Gasteiger partial charge in [0.05, 0.1) is 25.0 Å². The molecule has 2 unspecified atom stereocenters. The topological polar surface area (TPSA) is 73.8 Å². The van der Waals surface area contributed by atoms with Crippen LogP contribution in [0.3, 0.4) is 0 Å². The van der Waals surface area contributed by atoms with Crippen molar-refractivity contribution in [3.8, 4) is 0 Å². The fourth-order valence-electron chi connectivity index (χ4n) is 3.36. The van der Waals surface area contributed by atoms with Crippen LogP contribution < -0.4 is 10.2 Å². The number of aromatic nitrogens is 2. The number of nitrogens with zero attached hydrogens (tertiary/aromatic N) is 4. The summed E-state index contributed by atoms with van der Waals surface area (Å²) >= 11 is 0. The van der Waals surface area contributed by atoms with Crippen LogP contribution in [0.15, 0.2) is 12.1 Å². The van der Waals surface area contributed by atoms with E-state index >= 15 is 0 Å². The predicted octanol–water partition coefficient (Wildman–Crippen LogP) is 0.0365. The fraction of sp³-hybridized carbons (Fsp3) is 0.765. The van der Waals surface area contributed by atoms with E-state index in [1.165, 1.54) is 0 Å². The first-order chi connectivity index (χ1) is 11.7. The van der Waals surface area contributed by atoms with Gasteiger partial charge in [-0.25, -0.2) is 0 Å². The zero-order valence-electron chi connectivity index (χ0n) is 14.5. The SMILES string of the molecule is Cc1ccc(N2CCCC(NCC(O)CN3CCOCC3)C2)nn1. The molecule has 1 aromatic rings. The van der Waals surface area contributed by atoms with Gasteiger partial charge in [-0.2, -0.15) is 5.10 Å². The minimum atomic E-state index is -0.336. The standard InChI is InChI=1S/C17H29N5O2/c1-14-4-5-17(20-19-14)22-6-2-3-15(12-22)18-11-16(23)13-21-7-9-24-10-8-21/h4-5,15-16,18,23H,2-3,6-13H2,1H3. The Morgan fingerprint density at radius 3 is 2.88 bits per heavy atom. The lowest BCUT2D eigenvalue weighted by Gasteiger charge is -2.34. The molecule has 0 aromatic carbocycles. The van der Waals surface area contributed by atoms with Crippen LogP contribution in [-0.4, -0.2) is 84.8 Å². The van der Waals surface area contributed by atoms with Gasteiger partial charge >= 0.3 is 0 Å². The van der Waals surface area contributed by atoms with E-state index in [-0.39, 0.29) is 6.10 Å². The van der Waals surface area contributed by atoms with Crippen molar-refractivity contribution in [3.05, 3.63) is 17.8 Å². The Labute approximate surface area is 144 Å². The molecule has 0 saturated carbocycles. The molecular formula is C17H29N5O2. The van der Waals surface area contributed by atoms with Crippen molar-refractivity contribution in [3.63, 3.8) is 0 Å². The lowest BCUT2D eigenvalue weighted by Crippen LogP contribution is -2.50. The number of nitrogens with one attached hydrogen (secondary N) is 1. The maximum atomic E-state index is 10.3. The third-order valence-electron chi connectivity index (χ3n) is 4.74. The molecule has 2 N–H and O–H groups in total. The van der Waals surface area contributed by atoms with Gasteiger partial charge in [0.15, 0.2) is 5.82 Å². The van der Waals surface area contributed by atoms with Gasteiger partial charge in [0, 0.05) is 45.3 Å².